The summed E-state index contributed by atoms with van der Waals surface area (Å²) in [5.74, 6) is 0.939. The Morgan fingerprint density at radius 2 is 2.00 bits per heavy atom. The van der Waals surface area contributed by atoms with Crippen LogP contribution in [-0.2, 0) is 0 Å². The average molecular weight is 270 g/mol. The van der Waals surface area contributed by atoms with Crippen LogP contribution >= 0.6 is 15.9 Å². The Morgan fingerprint density at radius 1 is 1.33 bits per heavy atom. The fraction of sp³-hybridized carbons (Fsp3) is 0.500. The van der Waals surface area contributed by atoms with E-state index in [9.17, 15) is 0 Å². The van der Waals surface area contributed by atoms with Gasteiger partial charge in [-0.15, -0.1) is 0 Å². The third kappa shape index (κ3) is 2.34. The van der Waals surface area contributed by atoms with E-state index in [-0.39, 0.29) is 5.72 Å². The minimum atomic E-state index is -0.131. The summed E-state index contributed by atoms with van der Waals surface area (Å²) in [5.41, 5.74) is -0.131. The second-order valence-electron chi connectivity index (χ2n) is 4.26. The smallest absolute Gasteiger partial charge is 0.160 e. The zero-order chi connectivity index (χ0) is 10.9. The van der Waals surface area contributed by atoms with Gasteiger partial charge in [-0.1, -0.05) is 15.9 Å². The molecule has 1 fully saturated rings. The molecule has 0 aliphatic carbocycles. The average Bonchev–Trinajstić information content (AvgIpc) is 2.51. The van der Waals surface area contributed by atoms with Gasteiger partial charge in [0.05, 0.1) is 0 Å². The SMILES string of the molecule is CN1CCCC1(C)Oc1ccc(Br)cc1. The molecule has 3 heteroatoms. The van der Waals surface area contributed by atoms with Crippen LogP contribution in [0.25, 0.3) is 0 Å². The van der Waals surface area contributed by atoms with Gasteiger partial charge in [-0.2, -0.15) is 0 Å². The minimum Gasteiger partial charge on any atom is -0.473 e. The molecule has 1 aromatic carbocycles. The molecule has 0 saturated carbocycles. The van der Waals surface area contributed by atoms with E-state index in [0.717, 1.165) is 23.2 Å². The molecule has 1 aliphatic rings. The van der Waals surface area contributed by atoms with Crippen molar-refractivity contribution in [1.82, 2.24) is 4.90 Å². The summed E-state index contributed by atoms with van der Waals surface area (Å²) in [7, 11) is 2.12. The monoisotopic (exact) mass is 269 g/mol. The highest BCUT2D eigenvalue weighted by Gasteiger charge is 2.35. The number of rotatable bonds is 2. The van der Waals surface area contributed by atoms with Crippen LogP contribution in [0.4, 0.5) is 0 Å². The maximum Gasteiger partial charge on any atom is 0.160 e. The largest absolute Gasteiger partial charge is 0.473 e. The third-order valence-electron chi connectivity index (χ3n) is 3.09. The van der Waals surface area contributed by atoms with Crippen LogP contribution in [0.2, 0.25) is 0 Å². The second-order valence-corrected chi connectivity index (χ2v) is 5.17. The van der Waals surface area contributed by atoms with Gasteiger partial charge in [-0.05, 0) is 44.7 Å². The Balaban J connectivity index is 2.11. The van der Waals surface area contributed by atoms with Crippen LogP contribution in [0, 0.1) is 0 Å². The lowest BCUT2D eigenvalue weighted by Gasteiger charge is -2.32. The van der Waals surface area contributed by atoms with Crippen molar-refractivity contribution >= 4 is 15.9 Å². The highest BCUT2D eigenvalue weighted by atomic mass is 79.9. The summed E-state index contributed by atoms with van der Waals surface area (Å²) in [6.45, 7) is 3.27. The number of hydrogen-bond donors (Lipinski definition) is 0. The molecule has 15 heavy (non-hydrogen) atoms. The molecule has 82 valence electrons. The molecule has 1 heterocycles. The van der Waals surface area contributed by atoms with Gasteiger partial charge >= 0.3 is 0 Å². The summed E-state index contributed by atoms with van der Waals surface area (Å²) in [6.07, 6.45) is 2.31. The first-order valence-corrected chi connectivity index (χ1v) is 6.05. The Bertz CT molecular complexity index is 338. The highest BCUT2D eigenvalue weighted by molar-refractivity contribution is 9.10. The van der Waals surface area contributed by atoms with E-state index in [0.29, 0.717) is 0 Å². The molecule has 1 unspecified atom stereocenters. The van der Waals surface area contributed by atoms with Gasteiger partial charge in [0.15, 0.2) is 5.72 Å². The lowest BCUT2D eigenvalue weighted by molar-refractivity contribution is -0.0245. The standard InChI is InChI=1S/C12H16BrNO/c1-12(8-3-9-14(12)2)15-11-6-4-10(13)5-7-11/h4-7H,3,8-9H2,1-2H3. The second kappa shape index (κ2) is 4.14. The van der Waals surface area contributed by atoms with Crippen molar-refractivity contribution in [2.24, 2.45) is 0 Å². The van der Waals surface area contributed by atoms with Crippen molar-refractivity contribution in [3.8, 4) is 5.75 Å². The lowest BCUT2D eigenvalue weighted by atomic mass is 10.2. The van der Waals surface area contributed by atoms with Crippen molar-refractivity contribution in [2.75, 3.05) is 13.6 Å². The molecule has 2 rings (SSSR count). The Hall–Kier alpha value is -0.540. The van der Waals surface area contributed by atoms with Crippen molar-refractivity contribution in [3.63, 3.8) is 0 Å². The molecule has 0 N–H and O–H groups in total. The summed E-state index contributed by atoms with van der Waals surface area (Å²) in [4.78, 5) is 2.27. The quantitative estimate of drug-likeness (QED) is 0.817. The molecule has 1 atom stereocenters. The van der Waals surface area contributed by atoms with E-state index in [1.807, 2.05) is 24.3 Å². The van der Waals surface area contributed by atoms with Gasteiger partial charge in [0, 0.05) is 17.4 Å². The van der Waals surface area contributed by atoms with Crippen molar-refractivity contribution in [1.29, 1.82) is 0 Å². The molecular weight excluding hydrogens is 254 g/mol. The van der Waals surface area contributed by atoms with Gasteiger partial charge < -0.3 is 4.74 Å². The lowest BCUT2D eigenvalue weighted by Crippen LogP contribution is -2.43. The maximum atomic E-state index is 6.04. The predicted molar refractivity (Wildman–Crippen MR) is 65.0 cm³/mol. The predicted octanol–water partition coefficient (Wildman–Crippen LogP) is 3.27. The zero-order valence-corrected chi connectivity index (χ0v) is 10.8. The molecule has 0 radical (unpaired) electrons. The molecule has 0 spiro atoms. The van der Waals surface area contributed by atoms with E-state index >= 15 is 0 Å². The molecule has 2 nitrogen and oxygen atoms in total. The molecule has 1 aliphatic heterocycles. The molecule has 0 aromatic heterocycles. The summed E-state index contributed by atoms with van der Waals surface area (Å²) >= 11 is 3.42. The van der Waals surface area contributed by atoms with Crippen LogP contribution in [0.1, 0.15) is 19.8 Å². The first-order valence-electron chi connectivity index (χ1n) is 5.26. The van der Waals surface area contributed by atoms with Gasteiger partial charge in [0.25, 0.3) is 0 Å². The van der Waals surface area contributed by atoms with Crippen LogP contribution in [-0.4, -0.2) is 24.2 Å². The van der Waals surface area contributed by atoms with Crippen molar-refractivity contribution < 1.29 is 4.74 Å². The van der Waals surface area contributed by atoms with Gasteiger partial charge in [0.1, 0.15) is 5.75 Å². The molecule has 1 aromatic rings. The van der Waals surface area contributed by atoms with Gasteiger partial charge in [0.2, 0.25) is 0 Å². The Labute approximate surface area is 99.4 Å². The van der Waals surface area contributed by atoms with E-state index in [1.54, 1.807) is 0 Å². The van der Waals surface area contributed by atoms with E-state index < -0.39 is 0 Å². The molecule has 0 amide bonds. The number of ether oxygens (including phenoxy) is 1. The number of nitrogens with zero attached hydrogens (tertiary/aromatic N) is 1. The fourth-order valence-electron chi connectivity index (χ4n) is 1.96. The molecule has 0 bridgehead atoms. The summed E-state index contributed by atoms with van der Waals surface area (Å²) in [6, 6.07) is 8.02. The van der Waals surface area contributed by atoms with E-state index in [1.165, 1.54) is 6.42 Å². The van der Waals surface area contributed by atoms with Crippen LogP contribution in [0.3, 0.4) is 0 Å². The molecule has 1 saturated heterocycles. The van der Waals surface area contributed by atoms with E-state index in [2.05, 4.69) is 34.8 Å². The van der Waals surface area contributed by atoms with Gasteiger partial charge in [-0.25, -0.2) is 0 Å². The Kier molecular flexibility index (Phi) is 3.03. The Morgan fingerprint density at radius 3 is 2.53 bits per heavy atom. The highest BCUT2D eigenvalue weighted by Crippen LogP contribution is 2.30. The zero-order valence-electron chi connectivity index (χ0n) is 9.16. The number of halogens is 1. The van der Waals surface area contributed by atoms with Crippen molar-refractivity contribution in [2.45, 2.75) is 25.5 Å². The first-order chi connectivity index (χ1) is 7.10. The number of likely N-dealkylation sites (tertiary alicyclic amines) is 1. The minimum absolute atomic E-state index is 0.131. The number of benzene rings is 1. The maximum absolute atomic E-state index is 6.04. The van der Waals surface area contributed by atoms with Crippen molar-refractivity contribution in [3.05, 3.63) is 28.7 Å². The first kappa shape index (κ1) is 11.0. The van der Waals surface area contributed by atoms with Crippen LogP contribution in [0.15, 0.2) is 28.7 Å². The normalized spacial score (nSPS) is 26.9. The van der Waals surface area contributed by atoms with Crippen LogP contribution < -0.4 is 4.74 Å². The summed E-state index contributed by atoms with van der Waals surface area (Å²) < 4.78 is 7.12. The van der Waals surface area contributed by atoms with E-state index in [4.69, 9.17) is 4.74 Å². The summed E-state index contributed by atoms with van der Waals surface area (Å²) in [5, 5.41) is 0. The van der Waals surface area contributed by atoms with Crippen LogP contribution in [0.5, 0.6) is 5.75 Å². The van der Waals surface area contributed by atoms with Gasteiger partial charge in [-0.3, -0.25) is 4.90 Å². The molecular formula is C12H16BrNO. The fourth-order valence-corrected chi connectivity index (χ4v) is 2.22. The third-order valence-corrected chi connectivity index (χ3v) is 3.62. The number of hydrogen-bond acceptors (Lipinski definition) is 2. The topological polar surface area (TPSA) is 12.5 Å².